The second-order valence-electron chi connectivity index (χ2n) is 4.47. The van der Waals surface area contributed by atoms with Crippen LogP contribution >= 0.6 is 0 Å². The van der Waals surface area contributed by atoms with Crippen LogP contribution in [0.5, 0.6) is 0 Å². The average Bonchev–Trinajstić information content (AvgIpc) is 2.75. The van der Waals surface area contributed by atoms with E-state index in [1.807, 2.05) is 0 Å². The lowest BCUT2D eigenvalue weighted by atomic mass is 10.0. The molecule has 0 bridgehead atoms. The second kappa shape index (κ2) is 7.79. The van der Waals surface area contributed by atoms with Crippen molar-refractivity contribution >= 4 is 5.97 Å². The van der Waals surface area contributed by atoms with E-state index in [2.05, 4.69) is 29.3 Å². The lowest BCUT2D eigenvalue weighted by molar-refractivity contribution is -0.146. The summed E-state index contributed by atoms with van der Waals surface area (Å²) >= 11 is 0. The summed E-state index contributed by atoms with van der Waals surface area (Å²) in [5.74, 6) is 0.707. The summed E-state index contributed by atoms with van der Waals surface area (Å²) in [6.07, 6.45) is 4.50. The molecule has 0 radical (unpaired) electrons. The summed E-state index contributed by atoms with van der Waals surface area (Å²) in [7, 11) is 0. The first-order chi connectivity index (χ1) is 8.65. The number of hydrogen-bond donors (Lipinski definition) is 0. The third-order valence-electron chi connectivity index (χ3n) is 2.85. The van der Waals surface area contributed by atoms with Crippen molar-refractivity contribution in [1.29, 1.82) is 0 Å². The van der Waals surface area contributed by atoms with Gasteiger partial charge in [0, 0.05) is 0 Å². The van der Waals surface area contributed by atoms with Gasteiger partial charge in [-0.15, -0.1) is 10.2 Å². The highest BCUT2D eigenvalue weighted by Gasteiger charge is 2.11. The van der Waals surface area contributed by atoms with Gasteiger partial charge in [-0.1, -0.05) is 33.1 Å². The Balaban J connectivity index is 2.27. The fraction of sp³-hybridized carbons (Fsp3) is 0.833. The molecule has 0 amide bonds. The second-order valence-corrected chi connectivity index (χ2v) is 4.47. The fourth-order valence-electron chi connectivity index (χ4n) is 1.66. The molecule has 1 aromatic rings. The molecule has 1 rings (SSSR count). The number of tetrazole rings is 1. The molecule has 1 atom stereocenters. The maximum atomic E-state index is 11.6. The Labute approximate surface area is 108 Å². The van der Waals surface area contributed by atoms with Crippen LogP contribution in [-0.4, -0.2) is 32.8 Å². The Bertz CT molecular complexity index is 365. The van der Waals surface area contributed by atoms with Gasteiger partial charge in [0.25, 0.3) is 0 Å². The predicted molar refractivity (Wildman–Crippen MR) is 66.8 cm³/mol. The number of aryl methyl sites for hydroxylation is 1. The third kappa shape index (κ3) is 5.25. The van der Waals surface area contributed by atoms with Gasteiger partial charge in [-0.3, -0.25) is 0 Å². The number of ether oxygens (including phenoxy) is 1. The zero-order valence-electron chi connectivity index (χ0n) is 11.4. The lowest BCUT2D eigenvalue weighted by Gasteiger charge is -2.14. The van der Waals surface area contributed by atoms with Crippen molar-refractivity contribution in [3.05, 3.63) is 5.82 Å². The lowest BCUT2D eigenvalue weighted by Crippen LogP contribution is -2.19. The number of carbonyl (C=O) groups excluding carboxylic acids is 1. The molecule has 0 saturated carbocycles. The molecule has 0 aliphatic rings. The van der Waals surface area contributed by atoms with Crippen LogP contribution in [-0.2, 0) is 16.1 Å². The molecule has 6 heteroatoms. The molecule has 0 aromatic carbocycles. The highest BCUT2D eigenvalue weighted by molar-refractivity contribution is 5.68. The van der Waals surface area contributed by atoms with Gasteiger partial charge in [-0.25, -0.2) is 4.79 Å². The molecule has 102 valence electrons. The van der Waals surface area contributed by atoms with Gasteiger partial charge >= 0.3 is 5.97 Å². The molecular formula is C12H22N4O2. The molecular weight excluding hydrogens is 232 g/mol. The smallest absolute Gasteiger partial charge is 0.329 e. The number of aromatic nitrogens is 4. The van der Waals surface area contributed by atoms with E-state index >= 15 is 0 Å². The van der Waals surface area contributed by atoms with Gasteiger partial charge in [0.05, 0.1) is 6.61 Å². The van der Waals surface area contributed by atoms with Crippen LogP contribution < -0.4 is 0 Å². The summed E-state index contributed by atoms with van der Waals surface area (Å²) in [6, 6.07) is 0. The molecule has 1 heterocycles. The fourth-order valence-corrected chi connectivity index (χ4v) is 1.66. The van der Waals surface area contributed by atoms with Crippen molar-refractivity contribution in [2.45, 2.75) is 53.0 Å². The van der Waals surface area contributed by atoms with Gasteiger partial charge in [0.15, 0.2) is 12.4 Å². The van der Waals surface area contributed by atoms with E-state index in [0.29, 0.717) is 18.3 Å². The van der Waals surface area contributed by atoms with Gasteiger partial charge < -0.3 is 4.74 Å². The summed E-state index contributed by atoms with van der Waals surface area (Å²) in [6.45, 7) is 6.54. The Kier molecular flexibility index (Phi) is 6.32. The van der Waals surface area contributed by atoms with Crippen molar-refractivity contribution in [3.8, 4) is 0 Å². The van der Waals surface area contributed by atoms with E-state index in [4.69, 9.17) is 4.74 Å². The Hall–Kier alpha value is -1.46. The van der Waals surface area contributed by atoms with Gasteiger partial charge in [-0.05, 0) is 24.5 Å². The molecule has 0 saturated heterocycles. The summed E-state index contributed by atoms with van der Waals surface area (Å²) < 4.78 is 5.24. The number of hydrogen-bond acceptors (Lipinski definition) is 5. The van der Waals surface area contributed by atoms with Gasteiger partial charge in [-0.2, -0.15) is 4.80 Å². The third-order valence-corrected chi connectivity index (χ3v) is 2.85. The van der Waals surface area contributed by atoms with E-state index in [0.717, 1.165) is 12.8 Å². The minimum absolute atomic E-state index is 0.0328. The average molecular weight is 254 g/mol. The number of carbonyl (C=O) groups is 1. The maximum Gasteiger partial charge on any atom is 0.329 e. The monoisotopic (exact) mass is 254 g/mol. The van der Waals surface area contributed by atoms with Crippen molar-refractivity contribution in [2.24, 2.45) is 5.92 Å². The number of nitrogens with zero attached hydrogens (tertiary/aromatic N) is 4. The highest BCUT2D eigenvalue weighted by Crippen LogP contribution is 2.12. The molecule has 0 spiro atoms. The number of esters is 1. The van der Waals surface area contributed by atoms with Gasteiger partial charge in [0.2, 0.25) is 0 Å². The van der Waals surface area contributed by atoms with E-state index in [1.54, 1.807) is 6.92 Å². The summed E-state index contributed by atoms with van der Waals surface area (Å²) in [5, 5.41) is 11.4. The van der Waals surface area contributed by atoms with Crippen LogP contribution in [0.2, 0.25) is 0 Å². The van der Waals surface area contributed by atoms with E-state index in [9.17, 15) is 4.79 Å². The topological polar surface area (TPSA) is 69.9 Å². The maximum absolute atomic E-state index is 11.6. The minimum atomic E-state index is -0.303. The van der Waals surface area contributed by atoms with E-state index < -0.39 is 0 Å². The Morgan fingerprint density at radius 2 is 2.22 bits per heavy atom. The molecule has 0 fully saturated rings. The first-order valence-electron chi connectivity index (χ1n) is 6.55. The zero-order chi connectivity index (χ0) is 13.4. The van der Waals surface area contributed by atoms with Crippen molar-refractivity contribution in [1.82, 2.24) is 20.2 Å². The van der Waals surface area contributed by atoms with Crippen molar-refractivity contribution < 1.29 is 9.53 Å². The first-order valence-corrected chi connectivity index (χ1v) is 6.55. The summed E-state index contributed by atoms with van der Waals surface area (Å²) in [4.78, 5) is 12.8. The van der Waals surface area contributed by atoms with Crippen LogP contribution in [0.4, 0.5) is 0 Å². The highest BCUT2D eigenvalue weighted by atomic mass is 16.5. The van der Waals surface area contributed by atoms with Crippen molar-refractivity contribution in [2.75, 3.05) is 6.61 Å². The first kappa shape index (κ1) is 14.6. The van der Waals surface area contributed by atoms with E-state index in [-0.39, 0.29) is 12.5 Å². The molecule has 18 heavy (non-hydrogen) atoms. The SMILES string of the molecule is CCCCC(CC)COC(=O)Cn1nnc(C)n1. The molecule has 1 unspecified atom stereocenters. The predicted octanol–water partition coefficient (Wildman–Crippen LogP) is 1.74. The number of rotatable bonds is 8. The van der Waals surface area contributed by atoms with Crippen molar-refractivity contribution in [3.63, 3.8) is 0 Å². The Morgan fingerprint density at radius 3 is 2.78 bits per heavy atom. The van der Waals surface area contributed by atoms with Crippen LogP contribution in [0.25, 0.3) is 0 Å². The normalized spacial score (nSPS) is 12.4. The van der Waals surface area contributed by atoms with Crippen LogP contribution in [0.3, 0.4) is 0 Å². The minimum Gasteiger partial charge on any atom is -0.464 e. The number of unbranched alkanes of at least 4 members (excludes halogenated alkanes) is 1. The molecule has 1 aromatic heterocycles. The zero-order valence-corrected chi connectivity index (χ0v) is 11.4. The molecule has 0 aliphatic carbocycles. The standard InChI is InChI=1S/C12H22N4O2/c1-4-6-7-11(5-2)9-18-12(17)8-16-14-10(3)13-15-16/h11H,4-9H2,1-3H3. The van der Waals surface area contributed by atoms with Crippen LogP contribution in [0.15, 0.2) is 0 Å². The summed E-state index contributed by atoms with van der Waals surface area (Å²) in [5.41, 5.74) is 0. The molecule has 6 nitrogen and oxygen atoms in total. The Morgan fingerprint density at radius 1 is 1.44 bits per heavy atom. The van der Waals surface area contributed by atoms with Crippen LogP contribution in [0, 0.1) is 12.8 Å². The van der Waals surface area contributed by atoms with Gasteiger partial charge in [0.1, 0.15) is 0 Å². The quantitative estimate of drug-likeness (QED) is 0.661. The van der Waals surface area contributed by atoms with E-state index in [1.165, 1.54) is 17.6 Å². The van der Waals surface area contributed by atoms with Crippen LogP contribution in [0.1, 0.15) is 45.4 Å². The molecule has 0 N–H and O–H groups in total. The molecule has 0 aliphatic heterocycles. The largest absolute Gasteiger partial charge is 0.464 e.